The number of H-pyrrole nitrogens is 1. The molecule has 0 bridgehead atoms. The molecule has 5 heteroatoms. The normalized spacial score (nSPS) is 10.4. The fourth-order valence-corrected chi connectivity index (χ4v) is 1.96. The van der Waals surface area contributed by atoms with Crippen LogP contribution in [-0.4, -0.2) is 15.2 Å². The molecule has 0 saturated carbocycles. The summed E-state index contributed by atoms with van der Waals surface area (Å²) in [6, 6.07) is 9.61. The van der Waals surface area contributed by atoms with Crippen LogP contribution in [0.1, 0.15) is 10.5 Å². The molecule has 0 unspecified atom stereocenters. The standard InChI is InChI=1S/C12H7ClN2O.ClH/c13-12(16)10-5-8-7-3-1-2-4-9(7)15-11(8)6-14-10;/h1-6,15H;1H. The maximum Gasteiger partial charge on any atom is 0.270 e. The summed E-state index contributed by atoms with van der Waals surface area (Å²) in [4.78, 5) is 18.3. The van der Waals surface area contributed by atoms with E-state index >= 15 is 0 Å². The van der Waals surface area contributed by atoms with Crippen LogP contribution in [0.25, 0.3) is 21.8 Å². The van der Waals surface area contributed by atoms with Crippen molar-refractivity contribution < 1.29 is 4.79 Å². The van der Waals surface area contributed by atoms with Crippen LogP contribution in [-0.2, 0) is 0 Å². The van der Waals surface area contributed by atoms with Crippen molar-refractivity contribution in [3.8, 4) is 0 Å². The van der Waals surface area contributed by atoms with E-state index in [1.54, 1.807) is 12.3 Å². The number of aromatic amines is 1. The Labute approximate surface area is 108 Å². The Morgan fingerprint density at radius 1 is 1.18 bits per heavy atom. The number of fused-ring (bicyclic) bond motifs is 3. The molecule has 0 aliphatic rings. The molecule has 0 spiro atoms. The number of aromatic nitrogens is 2. The van der Waals surface area contributed by atoms with Crippen molar-refractivity contribution in [2.75, 3.05) is 0 Å². The fourth-order valence-electron chi connectivity index (χ4n) is 1.86. The highest BCUT2D eigenvalue weighted by atomic mass is 35.5. The highest BCUT2D eigenvalue weighted by Gasteiger charge is 2.08. The number of halogens is 2. The van der Waals surface area contributed by atoms with Crippen LogP contribution in [0.5, 0.6) is 0 Å². The van der Waals surface area contributed by atoms with Gasteiger partial charge in [-0.15, -0.1) is 12.4 Å². The molecule has 0 fully saturated rings. The summed E-state index contributed by atoms with van der Waals surface area (Å²) in [6.07, 6.45) is 1.63. The molecule has 3 rings (SSSR count). The first-order chi connectivity index (χ1) is 7.75. The highest BCUT2D eigenvalue weighted by Crippen LogP contribution is 2.25. The van der Waals surface area contributed by atoms with Gasteiger partial charge in [0.2, 0.25) is 0 Å². The molecule has 0 saturated heterocycles. The van der Waals surface area contributed by atoms with E-state index in [1.807, 2.05) is 24.3 Å². The third-order valence-electron chi connectivity index (χ3n) is 2.59. The number of rotatable bonds is 1. The minimum Gasteiger partial charge on any atom is -0.353 e. The summed E-state index contributed by atoms with van der Waals surface area (Å²) >= 11 is 5.41. The predicted octanol–water partition coefficient (Wildman–Crippen LogP) is 3.52. The Hall–Kier alpha value is -1.58. The van der Waals surface area contributed by atoms with Crippen LogP contribution >= 0.6 is 24.0 Å². The molecule has 0 aliphatic heterocycles. The van der Waals surface area contributed by atoms with Crippen LogP contribution in [0.15, 0.2) is 36.5 Å². The zero-order valence-corrected chi connectivity index (χ0v) is 10.2. The summed E-state index contributed by atoms with van der Waals surface area (Å²) in [5.41, 5.74) is 2.21. The lowest BCUT2D eigenvalue weighted by atomic mass is 10.2. The monoisotopic (exact) mass is 266 g/mol. The van der Waals surface area contributed by atoms with Gasteiger partial charge in [0, 0.05) is 16.3 Å². The van der Waals surface area contributed by atoms with Gasteiger partial charge in [-0.3, -0.25) is 4.79 Å². The predicted molar refractivity (Wildman–Crippen MR) is 71.0 cm³/mol. The van der Waals surface area contributed by atoms with Crippen LogP contribution in [0.4, 0.5) is 0 Å². The van der Waals surface area contributed by atoms with Crippen LogP contribution in [0, 0.1) is 0 Å². The summed E-state index contributed by atoms with van der Waals surface area (Å²) in [5.74, 6) is 0. The molecule has 86 valence electrons. The molecule has 0 atom stereocenters. The molecular weight excluding hydrogens is 259 g/mol. The van der Waals surface area contributed by atoms with Crippen molar-refractivity contribution in [3.63, 3.8) is 0 Å². The molecule has 0 aliphatic carbocycles. The number of hydrogen-bond donors (Lipinski definition) is 1. The van der Waals surface area contributed by atoms with Gasteiger partial charge in [0.05, 0.1) is 11.7 Å². The maximum absolute atomic E-state index is 11.0. The third-order valence-corrected chi connectivity index (χ3v) is 2.79. The summed E-state index contributed by atoms with van der Waals surface area (Å²) in [6.45, 7) is 0. The van der Waals surface area contributed by atoms with Gasteiger partial charge in [0.15, 0.2) is 0 Å². The van der Waals surface area contributed by atoms with Gasteiger partial charge in [0.1, 0.15) is 5.69 Å². The first-order valence-corrected chi connectivity index (χ1v) is 5.20. The molecule has 2 aromatic heterocycles. The van der Waals surface area contributed by atoms with Gasteiger partial charge < -0.3 is 4.98 Å². The minimum absolute atomic E-state index is 0. The summed E-state index contributed by atoms with van der Waals surface area (Å²) < 4.78 is 0. The van der Waals surface area contributed by atoms with Crippen LogP contribution in [0.2, 0.25) is 0 Å². The Balaban J connectivity index is 0.00000108. The van der Waals surface area contributed by atoms with E-state index in [4.69, 9.17) is 11.6 Å². The van der Waals surface area contributed by atoms with E-state index in [2.05, 4.69) is 9.97 Å². The molecule has 1 aromatic carbocycles. The number of hydrogen-bond acceptors (Lipinski definition) is 2. The van der Waals surface area contributed by atoms with Crippen LogP contribution in [0.3, 0.4) is 0 Å². The lowest BCUT2D eigenvalue weighted by molar-refractivity contribution is 0.107. The number of carbonyl (C=O) groups excluding carboxylic acids is 1. The van der Waals surface area contributed by atoms with E-state index in [9.17, 15) is 4.79 Å². The van der Waals surface area contributed by atoms with E-state index in [0.29, 0.717) is 0 Å². The first-order valence-electron chi connectivity index (χ1n) is 4.82. The number of para-hydroxylation sites is 1. The summed E-state index contributed by atoms with van der Waals surface area (Å²) in [5, 5.41) is 1.50. The molecule has 3 nitrogen and oxygen atoms in total. The Kier molecular flexibility index (Phi) is 3.05. The topological polar surface area (TPSA) is 45.8 Å². The van der Waals surface area contributed by atoms with E-state index in [0.717, 1.165) is 21.8 Å². The van der Waals surface area contributed by atoms with Gasteiger partial charge >= 0.3 is 0 Å². The number of nitrogens with zero attached hydrogens (tertiary/aromatic N) is 1. The lowest BCUT2D eigenvalue weighted by Crippen LogP contribution is -1.92. The Bertz CT molecular complexity index is 706. The first kappa shape index (κ1) is 11.9. The minimum atomic E-state index is -0.535. The quantitative estimate of drug-likeness (QED) is 0.685. The molecule has 0 radical (unpaired) electrons. The second-order valence-corrected chi connectivity index (χ2v) is 3.90. The molecule has 3 aromatic rings. The van der Waals surface area contributed by atoms with Crippen LogP contribution < -0.4 is 0 Å². The lowest BCUT2D eigenvalue weighted by Gasteiger charge is -1.93. The zero-order chi connectivity index (χ0) is 11.1. The fraction of sp³-hybridized carbons (Fsp3) is 0. The molecule has 2 heterocycles. The van der Waals surface area contributed by atoms with E-state index < -0.39 is 5.24 Å². The Morgan fingerprint density at radius 3 is 2.71 bits per heavy atom. The zero-order valence-electron chi connectivity index (χ0n) is 8.61. The number of benzene rings is 1. The number of nitrogens with one attached hydrogen (secondary N) is 1. The number of pyridine rings is 1. The van der Waals surface area contributed by atoms with Crippen molar-refractivity contribution in [1.29, 1.82) is 0 Å². The third kappa shape index (κ3) is 1.88. The van der Waals surface area contributed by atoms with Gasteiger partial charge in [-0.25, -0.2) is 4.98 Å². The van der Waals surface area contributed by atoms with Crippen molar-refractivity contribution in [1.82, 2.24) is 9.97 Å². The van der Waals surface area contributed by atoms with Crippen molar-refractivity contribution in [2.24, 2.45) is 0 Å². The molecular formula is C12H8Cl2N2O. The van der Waals surface area contributed by atoms with Gasteiger partial charge in [-0.1, -0.05) is 18.2 Å². The average Bonchev–Trinajstić information content (AvgIpc) is 2.66. The Morgan fingerprint density at radius 2 is 1.94 bits per heavy atom. The van der Waals surface area contributed by atoms with Crippen molar-refractivity contribution in [2.45, 2.75) is 0 Å². The van der Waals surface area contributed by atoms with E-state index in [1.165, 1.54) is 0 Å². The second-order valence-electron chi connectivity index (χ2n) is 3.56. The van der Waals surface area contributed by atoms with Gasteiger partial charge in [-0.05, 0) is 23.7 Å². The van der Waals surface area contributed by atoms with E-state index in [-0.39, 0.29) is 18.1 Å². The second kappa shape index (κ2) is 4.35. The molecule has 1 N–H and O–H groups in total. The summed E-state index contributed by atoms with van der Waals surface area (Å²) in [7, 11) is 0. The van der Waals surface area contributed by atoms with Crippen molar-refractivity contribution in [3.05, 3.63) is 42.2 Å². The number of carbonyl (C=O) groups is 1. The highest BCUT2D eigenvalue weighted by molar-refractivity contribution is 6.67. The molecule has 0 amide bonds. The SMILES string of the molecule is Cl.O=C(Cl)c1cc2c(cn1)[nH]c1ccccc12. The molecule has 17 heavy (non-hydrogen) atoms. The maximum atomic E-state index is 11.0. The smallest absolute Gasteiger partial charge is 0.270 e. The van der Waals surface area contributed by atoms with Gasteiger partial charge in [0.25, 0.3) is 5.24 Å². The average molecular weight is 267 g/mol. The van der Waals surface area contributed by atoms with Crippen molar-refractivity contribution >= 4 is 51.1 Å². The largest absolute Gasteiger partial charge is 0.353 e. The van der Waals surface area contributed by atoms with Gasteiger partial charge in [-0.2, -0.15) is 0 Å².